The van der Waals surface area contributed by atoms with Crippen LogP contribution in [0.25, 0.3) is 5.65 Å². The highest BCUT2D eigenvalue weighted by atomic mass is 35.5. The number of nitrogens with one attached hydrogen (secondary N) is 1. The third kappa shape index (κ3) is 4.52. The molecule has 0 saturated heterocycles. The largest absolute Gasteiger partial charge is 0.375 e. The van der Waals surface area contributed by atoms with E-state index in [1.807, 2.05) is 24.3 Å². The van der Waals surface area contributed by atoms with Crippen LogP contribution >= 0.6 is 23.4 Å². The van der Waals surface area contributed by atoms with Gasteiger partial charge in [0.15, 0.2) is 5.65 Å². The topological polar surface area (TPSA) is 76.6 Å². The van der Waals surface area contributed by atoms with E-state index in [1.54, 1.807) is 49.0 Å². The molecule has 4 rings (SSSR count). The molecule has 146 valence electrons. The number of rotatable bonds is 5. The summed E-state index contributed by atoms with van der Waals surface area (Å²) in [4.78, 5) is 29.8. The van der Waals surface area contributed by atoms with E-state index in [0.717, 1.165) is 4.90 Å². The average molecular weight is 426 g/mol. The minimum Gasteiger partial charge on any atom is -0.375 e. The van der Waals surface area contributed by atoms with Gasteiger partial charge in [0.2, 0.25) is 0 Å². The molecule has 4 aromatic rings. The van der Waals surface area contributed by atoms with Crippen LogP contribution in [-0.4, -0.2) is 15.5 Å². The van der Waals surface area contributed by atoms with Gasteiger partial charge in [-0.25, -0.2) is 4.98 Å². The third-order valence-corrected chi connectivity index (χ3v) is 5.43. The van der Waals surface area contributed by atoms with E-state index >= 15 is 0 Å². The molecule has 0 unspecified atom stereocenters. The second kappa shape index (κ2) is 8.14. The van der Waals surface area contributed by atoms with Crippen molar-refractivity contribution in [1.29, 1.82) is 0 Å². The Bertz CT molecular complexity index is 1230. The van der Waals surface area contributed by atoms with Gasteiger partial charge in [0.05, 0.1) is 5.69 Å². The summed E-state index contributed by atoms with van der Waals surface area (Å²) in [5.74, 6) is 0.984. The number of amides is 1. The SMILES string of the molecule is Cc1cc2nc(CSc3ccc(NC(=O)c4ccc(Cl)cc4)cc3)cc(=O)n2o1. The second-order valence-corrected chi connectivity index (χ2v) is 7.84. The lowest BCUT2D eigenvalue weighted by Crippen LogP contribution is -2.12. The van der Waals surface area contributed by atoms with Gasteiger partial charge in [-0.1, -0.05) is 11.6 Å². The van der Waals surface area contributed by atoms with E-state index in [-0.39, 0.29) is 11.5 Å². The molecule has 1 amide bonds. The first kappa shape index (κ1) is 19.3. The van der Waals surface area contributed by atoms with Crippen molar-refractivity contribution in [2.24, 2.45) is 0 Å². The molecule has 0 aliphatic heterocycles. The standard InChI is InChI=1S/C21H16ClN3O3S/c1-13-10-19-23-17(11-20(26)25(19)28-13)12-29-18-8-6-16(7-9-18)24-21(27)14-2-4-15(22)5-3-14/h2-11H,12H2,1H3,(H,24,27). The Kier molecular flexibility index (Phi) is 5.42. The zero-order valence-electron chi connectivity index (χ0n) is 15.4. The summed E-state index contributed by atoms with van der Waals surface area (Å²) in [6.45, 7) is 1.77. The number of hydrogen-bond acceptors (Lipinski definition) is 5. The number of anilines is 1. The Morgan fingerprint density at radius 2 is 1.86 bits per heavy atom. The lowest BCUT2D eigenvalue weighted by atomic mass is 10.2. The predicted octanol–water partition coefficient (Wildman–Crippen LogP) is 4.79. The van der Waals surface area contributed by atoms with Crippen LogP contribution in [0.1, 0.15) is 21.8 Å². The molecule has 0 aliphatic rings. The summed E-state index contributed by atoms with van der Waals surface area (Å²) in [5.41, 5.74) is 2.18. The van der Waals surface area contributed by atoms with Gasteiger partial charge in [0, 0.05) is 39.1 Å². The molecule has 0 bridgehead atoms. The fourth-order valence-corrected chi connectivity index (χ4v) is 3.66. The van der Waals surface area contributed by atoms with Crippen LogP contribution in [0.5, 0.6) is 0 Å². The second-order valence-electron chi connectivity index (χ2n) is 6.36. The summed E-state index contributed by atoms with van der Waals surface area (Å²) >= 11 is 7.40. The monoisotopic (exact) mass is 425 g/mol. The fraction of sp³-hybridized carbons (Fsp3) is 0.0952. The normalized spacial score (nSPS) is 11.0. The van der Waals surface area contributed by atoms with Gasteiger partial charge in [0.1, 0.15) is 5.76 Å². The Balaban J connectivity index is 1.40. The number of halogens is 1. The van der Waals surface area contributed by atoms with Crippen LogP contribution in [0.2, 0.25) is 5.02 Å². The Morgan fingerprint density at radius 3 is 2.59 bits per heavy atom. The van der Waals surface area contributed by atoms with Crippen molar-refractivity contribution in [2.75, 3.05) is 5.32 Å². The number of nitrogens with zero attached hydrogens (tertiary/aromatic N) is 2. The Morgan fingerprint density at radius 1 is 1.14 bits per heavy atom. The molecule has 0 atom stereocenters. The molecule has 2 aromatic carbocycles. The number of thioether (sulfide) groups is 1. The first-order valence-corrected chi connectivity index (χ1v) is 10.1. The number of hydrogen-bond donors (Lipinski definition) is 1. The molecular formula is C21H16ClN3O3S. The van der Waals surface area contributed by atoms with Crippen LogP contribution in [0.4, 0.5) is 5.69 Å². The van der Waals surface area contributed by atoms with Crippen molar-refractivity contribution in [1.82, 2.24) is 9.56 Å². The van der Waals surface area contributed by atoms with E-state index in [1.165, 1.54) is 10.6 Å². The maximum absolute atomic E-state index is 12.3. The molecule has 0 fully saturated rings. The lowest BCUT2D eigenvalue weighted by molar-refractivity contribution is 0.102. The average Bonchev–Trinajstić information content (AvgIpc) is 3.09. The van der Waals surface area contributed by atoms with Crippen molar-refractivity contribution < 1.29 is 9.32 Å². The van der Waals surface area contributed by atoms with Gasteiger partial charge in [-0.3, -0.25) is 9.59 Å². The van der Waals surface area contributed by atoms with Crippen LogP contribution in [0.3, 0.4) is 0 Å². The quantitative estimate of drug-likeness (QED) is 0.465. The Hall–Kier alpha value is -3.03. The van der Waals surface area contributed by atoms with Crippen molar-refractivity contribution >= 4 is 40.6 Å². The predicted molar refractivity (Wildman–Crippen MR) is 114 cm³/mol. The maximum atomic E-state index is 12.3. The number of carbonyl (C=O) groups is 1. The number of benzene rings is 2. The molecule has 0 radical (unpaired) electrons. The van der Waals surface area contributed by atoms with Crippen molar-refractivity contribution in [3.63, 3.8) is 0 Å². The van der Waals surface area contributed by atoms with Crippen LogP contribution in [0.15, 0.2) is 74.9 Å². The van der Waals surface area contributed by atoms with Gasteiger partial charge < -0.3 is 9.84 Å². The van der Waals surface area contributed by atoms with Gasteiger partial charge in [-0.2, -0.15) is 0 Å². The molecule has 2 heterocycles. The lowest BCUT2D eigenvalue weighted by Gasteiger charge is -2.07. The summed E-state index contributed by atoms with van der Waals surface area (Å²) in [5, 5.41) is 3.44. The van der Waals surface area contributed by atoms with Crippen molar-refractivity contribution in [2.45, 2.75) is 17.6 Å². The molecule has 8 heteroatoms. The van der Waals surface area contributed by atoms with Gasteiger partial charge in [0.25, 0.3) is 11.5 Å². The van der Waals surface area contributed by atoms with Crippen LogP contribution in [0, 0.1) is 6.92 Å². The molecule has 0 spiro atoms. The van der Waals surface area contributed by atoms with Gasteiger partial charge in [-0.05, 0) is 55.5 Å². The van der Waals surface area contributed by atoms with Crippen molar-refractivity contribution in [3.8, 4) is 0 Å². The molecule has 0 saturated carbocycles. The van der Waals surface area contributed by atoms with E-state index in [2.05, 4.69) is 10.3 Å². The number of carbonyl (C=O) groups excluding carboxylic acids is 1. The molecule has 2 aromatic heterocycles. The molecule has 6 nitrogen and oxygen atoms in total. The zero-order chi connectivity index (χ0) is 20.4. The first-order chi connectivity index (χ1) is 14.0. The smallest absolute Gasteiger partial charge is 0.287 e. The molecule has 1 N–H and O–H groups in total. The minimum absolute atomic E-state index is 0.199. The molecular weight excluding hydrogens is 410 g/mol. The van der Waals surface area contributed by atoms with Crippen molar-refractivity contribution in [3.05, 3.63) is 93.1 Å². The fourth-order valence-electron chi connectivity index (χ4n) is 2.74. The van der Waals surface area contributed by atoms with Gasteiger partial charge >= 0.3 is 0 Å². The number of aryl methyl sites for hydroxylation is 1. The van der Waals surface area contributed by atoms with E-state index in [0.29, 0.717) is 39.1 Å². The molecule has 0 aliphatic carbocycles. The summed E-state index contributed by atoms with van der Waals surface area (Å²) in [6.07, 6.45) is 0. The molecule has 29 heavy (non-hydrogen) atoms. The summed E-state index contributed by atoms with van der Waals surface area (Å²) < 4.78 is 6.48. The van der Waals surface area contributed by atoms with Gasteiger partial charge in [-0.15, -0.1) is 16.3 Å². The third-order valence-electron chi connectivity index (χ3n) is 4.13. The highest BCUT2D eigenvalue weighted by Gasteiger charge is 2.08. The maximum Gasteiger partial charge on any atom is 0.287 e. The highest BCUT2D eigenvalue weighted by molar-refractivity contribution is 7.98. The van der Waals surface area contributed by atoms with E-state index in [9.17, 15) is 9.59 Å². The zero-order valence-corrected chi connectivity index (χ0v) is 17.0. The van der Waals surface area contributed by atoms with E-state index in [4.69, 9.17) is 16.1 Å². The first-order valence-electron chi connectivity index (χ1n) is 8.77. The Labute approximate surface area is 175 Å². The number of aromatic nitrogens is 2. The summed E-state index contributed by atoms with van der Waals surface area (Å²) in [6, 6.07) is 17.4. The highest BCUT2D eigenvalue weighted by Crippen LogP contribution is 2.24. The van der Waals surface area contributed by atoms with Crippen LogP contribution in [-0.2, 0) is 5.75 Å². The summed E-state index contributed by atoms with van der Waals surface area (Å²) in [7, 11) is 0. The minimum atomic E-state index is -0.237. The van der Waals surface area contributed by atoms with E-state index < -0.39 is 0 Å². The van der Waals surface area contributed by atoms with Crippen LogP contribution < -0.4 is 10.9 Å². The number of fused-ring (bicyclic) bond motifs is 1.